The molecular formula is C21H15Br2N3O. The fourth-order valence-corrected chi connectivity index (χ4v) is 3.48. The van der Waals surface area contributed by atoms with Gasteiger partial charge in [0.2, 0.25) is 0 Å². The van der Waals surface area contributed by atoms with E-state index < -0.39 is 0 Å². The Labute approximate surface area is 173 Å². The minimum atomic E-state index is 0.674. The maximum Gasteiger partial charge on any atom is 0.169 e. The van der Waals surface area contributed by atoms with Crippen molar-refractivity contribution in [3.05, 3.63) is 81.6 Å². The highest BCUT2D eigenvalue weighted by Crippen LogP contribution is 2.32. The Morgan fingerprint density at radius 3 is 2.56 bits per heavy atom. The lowest BCUT2D eigenvalue weighted by atomic mass is 10.0. The molecular weight excluding hydrogens is 470 g/mol. The zero-order valence-electron chi connectivity index (χ0n) is 14.4. The van der Waals surface area contributed by atoms with Crippen LogP contribution in [-0.4, -0.2) is 10.7 Å². The van der Waals surface area contributed by atoms with Crippen molar-refractivity contribution >= 4 is 54.3 Å². The van der Waals surface area contributed by atoms with E-state index in [1.165, 1.54) is 0 Å². The first kappa shape index (κ1) is 17.9. The molecule has 0 atom stereocenters. The van der Waals surface area contributed by atoms with Gasteiger partial charge in [0.05, 0.1) is 5.52 Å². The Balaban J connectivity index is 1.77. The molecule has 0 fully saturated rings. The van der Waals surface area contributed by atoms with Gasteiger partial charge >= 0.3 is 0 Å². The largest absolute Gasteiger partial charge is 0.448 e. The summed E-state index contributed by atoms with van der Waals surface area (Å²) in [6, 6.07) is 22.1. The van der Waals surface area contributed by atoms with Gasteiger partial charge in [0.15, 0.2) is 10.4 Å². The average Bonchev–Trinajstić information content (AvgIpc) is 3.13. The number of hydrazone groups is 1. The summed E-state index contributed by atoms with van der Waals surface area (Å²) in [5, 5.41) is 5.50. The number of hydrogen-bond acceptors (Lipinski definition) is 4. The van der Waals surface area contributed by atoms with Crippen molar-refractivity contribution in [3.8, 4) is 11.1 Å². The smallest absolute Gasteiger partial charge is 0.169 e. The molecule has 0 bridgehead atoms. The van der Waals surface area contributed by atoms with Gasteiger partial charge in [0.1, 0.15) is 11.5 Å². The van der Waals surface area contributed by atoms with Gasteiger partial charge in [-0.05, 0) is 70.4 Å². The van der Waals surface area contributed by atoms with Crippen LogP contribution in [0.3, 0.4) is 0 Å². The number of rotatable bonds is 4. The van der Waals surface area contributed by atoms with Crippen LogP contribution in [0.5, 0.6) is 0 Å². The molecule has 0 aliphatic heterocycles. The summed E-state index contributed by atoms with van der Waals surface area (Å²) in [6.07, 6.45) is 0. The van der Waals surface area contributed by atoms with Crippen molar-refractivity contribution < 1.29 is 4.42 Å². The normalized spacial score (nSPS) is 11.7. The van der Waals surface area contributed by atoms with Crippen LogP contribution in [0.15, 0.2) is 85.4 Å². The zero-order chi connectivity index (χ0) is 18.8. The van der Waals surface area contributed by atoms with E-state index in [9.17, 15) is 0 Å². The topological polar surface area (TPSA) is 50.4 Å². The Morgan fingerprint density at radius 1 is 1.00 bits per heavy atom. The predicted molar refractivity (Wildman–Crippen MR) is 117 cm³/mol. The third-order valence-corrected chi connectivity index (χ3v) is 5.04. The first-order chi connectivity index (χ1) is 13.1. The number of benzene rings is 2. The van der Waals surface area contributed by atoms with Crippen molar-refractivity contribution in [3.63, 3.8) is 0 Å². The molecule has 2 aromatic carbocycles. The summed E-state index contributed by atoms with van der Waals surface area (Å²) in [5.41, 5.74) is 6.92. The molecule has 0 saturated heterocycles. The van der Waals surface area contributed by atoms with Crippen LogP contribution >= 0.6 is 31.9 Å². The maximum absolute atomic E-state index is 5.53. The van der Waals surface area contributed by atoms with Gasteiger partial charge in [-0.3, -0.25) is 5.43 Å². The standard InChI is InChI=1S/C21H15Br2N3O/c1-13(19-9-10-20(23)27-19)25-26-21-12-16(14-5-3-2-4-6-14)17-11-15(22)7-8-18(17)24-21/h2-12H,1H3,(H,24,26). The first-order valence-corrected chi connectivity index (χ1v) is 9.90. The molecule has 2 aromatic heterocycles. The summed E-state index contributed by atoms with van der Waals surface area (Å²) >= 11 is 6.86. The molecule has 1 N–H and O–H groups in total. The molecule has 0 radical (unpaired) electrons. The lowest BCUT2D eigenvalue weighted by Crippen LogP contribution is -2.00. The molecule has 4 nitrogen and oxygen atoms in total. The average molecular weight is 485 g/mol. The highest BCUT2D eigenvalue weighted by Gasteiger charge is 2.09. The molecule has 0 saturated carbocycles. The van der Waals surface area contributed by atoms with E-state index in [1.54, 1.807) is 0 Å². The second-order valence-electron chi connectivity index (χ2n) is 6.00. The highest BCUT2D eigenvalue weighted by atomic mass is 79.9. The number of hydrogen-bond donors (Lipinski definition) is 1. The van der Waals surface area contributed by atoms with Crippen LogP contribution in [0, 0.1) is 0 Å². The van der Waals surface area contributed by atoms with E-state index in [2.05, 4.69) is 60.6 Å². The lowest BCUT2D eigenvalue weighted by Gasteiger charge is -2.10. The quantitative estimate of drug-likeness (QED) is 0.254. The molecule has 4 aromatic rings. The number of nitrogens with one attached hydrogen (secondary N) is 1. The fraction of sp³-hybridized carbons (Fsp3) is 0.0476. The van der Waals surface area contributed by atoms with Gasteiger partial charge in [0.25, 0.3) is 0 Å². The van der Waals surface area contributed by atoms with Gasteiger partial charge in [-0.25, -0.2) is 4.98 Å². The second kappa shape index (κ2) is 7.66. The molecule has 0 unspecified atom stereocenters. The van der Waals surface area contributed by atoms with Crippen molar-refractivity contribution in [2.45, 2.75) is 6.92 Å². The molecule has 0 aliphatic rings. The molecule has 6 heteroatoms. The van der Waals surface area contributed by atoms with Gasteiger partial charge in [-0.2, -0.15) is 5.10 Å². The van der Waals surface area contributed by atoms with Gasteiger partial charge in [-0.15, -0.1) is 0 Å². The monoisotopic (exact) mass is 483 g/mol. The third-order valence-electron chi connectivity index (χ3n) is 4.12. The zero-order valence-corrected chi connectivity index (χ0v) is 17.6. The fourth-order valence-electron chi connectivity index (χ4n) is 2.82. The Bertz CT molecular complexity index is 1140. The number of aromatic nitrogens is 1. The summed E-state index contributed by atoms with van der Waals surface area (Å²) in [5.74, 6) is 1.37. The Kier molecular flexibility index (Phi) is 5.09. The van der Waals surface area contributed by atoms with E-state index in [-0.39, 0.29) is 0 Å². The Morgan fingerprint density at radius 2 is 1.81 bits per heavy atom. The number of nitrogens with zero attached hydrogens (tertiary/aromatic N) is 2. The molecule has 0 amide bonds. The van der Waals surface area contributed by atoms with Gasteiger partial charge in [-0.1, -0.05) is 46.3 Å². The minimum absolute atomic E-state index is 0.674. The SMILES string of the molecule is CC(=NNc1cc(-c2ccccc2)c2cc(Br)ccc2n1)c1ccc(Br)o1. The maximum atomic E-state index is 5.53. The number of halogens is 2. The second-order valence-corrected chi connectivity index (χ2v) is 7.69. The van der Waals surface area contributed by atoms with Crippen LogP contribution in [0.2, 0.25) is 0 Å². The molecule has 4 rings (SSSR count). The van der Waals surface area contributed by atoms with E-state index in [4.69, 9.17) is 9.40 Å². The number of furan rings is 1. The van der Waals surface area contributed by atoms with Gasteiger partial charge in [0, 0.05) is 9.86 Å². The lowest BCUT2D eigenvalue weighted by molar-refractivity contribution is 0.532. The van der Waals surface area contributed by atoms with E-state index in [1.807, 2.05) is 55.5 Å². The first-order valence-electron chi connectivity index (χ1n) is 8.32. The molecule has 27 heavy (non-hydrogen) atoms. The predicted octanol–water partition coefficient (Wildman–Crippen LogP) is 6.86. The van der Waals surface area contributed by atoms with Crippen molar-refractivity contribution in [2.75, 3.05) is 5.43 Å². The van der Waals surface area contributed by atoms with Crippen LogP contribution in [0.1, 0.15) is 12.7 Å². The number of fused-ring (bicyclic) bond motifs is 1. The van der Waals surface area contributed by atoms with E-state index in [0.717, 1.165) is 32.2 Å². The van der Waals surface area contributed by atoms with Crippen molar-refractivity contribution in [1.82, 2.24) is 4.98 Å². The van der Waals surface area contributed by atoms with E-state index in [0.29, 0.717) is 16.2 Å². The third kappa shape index (κ3) is 3.96. The van der Waals surface area contributed by atoms with Crippen molar-refractivity contribution in [1.29, 1.82) is 0 Å². The number of pyridine rings is 1. The van der Waals surface area contributed by atoms with Crippen LogP contribution in [0.25, 0.3) is 22.0 Å². The van der Waals surface area contributed by atoms with Crippen LogP contribution in [0.4, 0.5) is 5.82 Å². The van der Waals surface area contributed by atoms with Crippen LogP contribution < -0.4 is 5.43 Å². The molecule has 2 heterocycles. The molecule has 134 valence electrons. The highest BCUT2D eigenvalue weighted by molar-refractivity contribution is 9.10. The number of anilines is 1. The van der Waals surface area contributed by atoms with Crippen molar-refractivity contribution in [2.24, 2.45) is 5.10 Å². The Hall–Kier alpha value is -2.44. The summed E-state index contributed by atoms with van der Waals surface area (Å²) in [6.45, 7) is 1.88. The molecule has 0 spiro atoms. The summed E-state index contributed by atoms with van der Waals surface area (Å²) in [4.78, 5) is 4.69. The van der Waals surface area contributed by atoms with E-state index >= 15 is 0 Å². The summed E-state index contributed by atoms with van der Waals surface area (Å²) in [7, 11) is 0. The minimum Gasteiger partial charge on any atom is -0.448 e. The van der Waals surface area contributed by atoms with Gasteiger partial charge < -0.3 is 4.42 Å². The summed E-state index contributed by atoms with van der Waals surface area (Å²) < 4.78 is 7.22. The van der Waals surface area contributed by atoms with Crippen LogP contribution in [-0.2, 0) is 0 Å². The molecule has 0 aliphatic carbocycles.